The molecule has 0 saturated heterocycles. The molecule has 0 aliphatic heterocycles. The Morgan fingerprint density at radius 1 is 1.50 bits per heavy atom. The minimum absolute atomic E-state index is 0. The van der Waals surface area contributed by atoms with E-state index in [0.717, 1.165) is 0 Å². The van der Waals surface area contributed by atoms with Crippen molar-refractivity contribution < 1.29 is 26.9 Å². The summed E-state index contributed by atoms with van der Waals surface area (Å²) >= 11 is 8.24. The fourth-order valence-corrected chi connectivity index (χ4v) is 0.209. The van der Waals surface area contributed by atoms with Gasteiger partial charge in [-0.05, 0) is 24.4 Å². The second-order valence-electron chi connectivity index (χ2n) is 1.26. The topological polar surface area (TPSA) is 81.5 Å². The summed E-state index contributed by atoms with van der Waals surface area (Å²) in [4.78, 5) is 0. The molecule has 0 aliphatic rings. The predicted octanol–water partition coefficient (Wildman–Crippen LogP) is 0.218. The number of hydrogen-bond donors (Lipinski definition) is 3. The second kappa shape index (κ2) is 13.2. The van der Waals surface area contributed by atoms with Crippen LogP contribution in [0.2, 0.25) is 0 Å². The Bertz CT molecular complexity index is 150. The molecule has 1 radical (unpaired) electrons. The second-order valence-corrected chi connectivity index (χ2v) is 2.08. The third-order valence-electron chi connectivity index (χ3n) is 0.343. The number of thiocarbonyl (C=S) groups is 2. The molecule has 0 fully saturated rings. The van der Waals surface area contributed by atoms with Crippen molar-refractivity contribution >= 4 is 34.8 Å². The average molecular weight is 258 g/mol. The van der Waals surface area contributed by atoms with Crippen LogP contribution in [0.1, 0.15) is 0 Å². The fourth-order valence-electron chi connectivity index (χ4n) is 0.141. The first kappa shape index (κ1) is 17.7. The van der Waals surface area contributed by atoms with Crippen LogP contribution >= 0.6 is 24.4 Å². The summed E-state index contributed by atoms with van der Waals surface area (Å²) in [5, 5.41) is 7.13. The van der Waals surface area contributed by atoms with Gasteiger partial charge in [0, 0.05) is 17.1 Å². The van der Waals surface area contributed by atoms with Crippen LogP contribution in [0.3, 0.4) is 0 Å². The quantitative estimate of drug-likeness (QED) is 0.373. The average Bonchev–Trinajstić information content (AvgIpc) is 1.82. The van der Waals surface area contributed by atoms with Crippen molar-refractivity contribution in [3.05, 3.63) is 12.7 Å². The molecule has 0 heterocycles. The van der Waals surface area contributed by atoms with Crippen molar-refractivity contribution in [1.82, 2.24) is 0 Å². The number of nitrogens with two attached hydrogens (primary N) is 2. The molecule has 7 heteroatoms. The minimum Gasteiger partial charge on any atom is -0.487 e. The van der Waals surface area contributed by atoms with Gasteiger partial charge in [-0.25, -0.2) is 0 Å². The predicted molar refractivity (Wildman–Crippen MR) is 52.3 cm³/mol. The van der Waals surface area contributed by atoms with Gasteiger partial charge in [-0.3, -0.25) is 0 Å². The first-order valence-electron chi connectivity index (χ1n) is 2.52. The molecule has 12 heavy (non-hydrogen) atoms. The largest absolute Gasteiger partial charge is 0.487 e. The van der Waals surface area contributed by atoms with Gasteiger partial charge in [-0.2, -0.15) is 0 Å². The Hall–Kier alpha value is -0.361. The van der Waals surface area contributed by atoms with E-state index in [1.54, 1.807) is 6.08 Å². The van der Waals surface area contributed by atoms with Gasteiger partial charge in [0.25, 0.3) is 10.3 Å². The van der Waals surface area contributed by atoms with Crippen molar-refractivity contribution in [1.29, 1.82) is 0 Å². The fraction of sp³-hybridized carbons (Fsp3) is 0.200. The van der Waals surface area contributed by atoms with E-state index < -0.39 is 5.17 Å². The zero-order valence-electron chi connectivity index (χ0n) is 6.12. The Kier molecular flexibility index (Phi) is 19.5. The van der Waals surface area contributed by atoms with E-state index in [9.17, 15) is 0 Å². The Balaban J connectivity index is -0.000000142. The molecule has 0 atom stereocenters. The third-order valence-corrected chi connectivity index (χ3v) is 0.461. The van der Waals surface area contributed by atoms with Crippen LogP contribution in [0.25, 0.3) is 0 Å². The van der Waals surface area contributed by atoms with Crippen LogP contribution in [0, 0.1) is 0 Å². The van der Waals surface area contributed by atoms with Crippen molar-refractivity contribution in [3.63, 3.8) is 0 Å². The van der Waals surface area contributed by atoms with Crippen molar-refractivity contribution in [2.45, 2.75) is 0 Å². The summed E-state index contributed by atoms with van der Waals surface area (Å²) in [5.74, 6) is 0. The Morgan fingerprint density at radius 2 is 1.83 bits per heavy atom. The summed E-state index contributed by atoms with van der Waals surface area (Å²) < 4.78 is 4.58. The molecule has 75 valence electrons. The van der Waals surface area contributed by atoms with Gasteiger partial charge < -0.3 is 21.3 Å². The van der Waals surface area contributed by atoms with Crippen LogP contribution in [-0.4, -0.2) is 22.1 Å². The summed E-state index contributed by atoms with van der Waals surface area (Å²) in [6, 6.07) is 0. The summed E-state index contributed by atoms with van der Waals surface area (Å²) in [6.45, 7) is 3.79. The van der Waals surface area contributed by atoms with E-state index in [2.05, 4.69) is 41.5 Å². The summed E-state index contributed by atoms with van der Waals surface area (Å²) in [6.07, 6.45) is 1.58. The van der Waals surface area contributed by atoms with E-state index in [-0.39, 0.29) is 22.2 Å². The Morgan fingerprint density at radius 3 is 1.92 bits per heavy atom. The van der Waals surface area contributed by atoms with Gasteiger partial charge in [-0.15, -0.1) is 0 Å². The van der Waals surface area contributed by atoms with E-state index in [4.69, 9.17) is 10.8 Å². The van der Waals surface area contributed by atoms with E-state index in [1.807, 2.05) is 0 Å². The number of hydrogen-bond acceptors (Lipinski definition) is 3. The van der Waals surface area contributed by atoms with E-state index in [0.29, 0.717) is 6.61 Å². The molecule has 5 N–H and O–H groups in total. The maximum atomic E-state index is 7.56. The first-order chi connectivity index (χ1) is 5.00. The van der Waals surface area contributed by atoms with Gasteiger partial charge in [0.1, 0.15) is 6.61 Å². The van der Waals surface area contributed by atoms with Crippen molar-refractivity contribution in [3.8, 4) is 0 Å². The third kappa shape index (κ3) is 54.3. The number of ether oxygens (including phenoxy) is 1. The van der Waals surface area contributed by atoms with Gasteiger partial charge in [0.05, 0.1) is 0 Å². The molecule has 0 aromatic rings. The van der Waals surface area contributed by atoms with Crippen LogP contribution < -0.4 is 11.5 Å². The molecular weight excluding hydrogens is 248 g/mol. The molecule has 0 bridgehead atoms. The van der Waals surface area contributed by atoms with Crippen LogP contribution in [0.5, 0.6) is 0 Å². The molecule has 0 saturated carbocycles. The molecule has 0 aromatic heterocycles. The smallest absolute Gasteiger partial charge is 0.254 e. The maximum absolute atomic E-state index is 7.56. The zero-order chi connectivity index (χ0) is 9.28. The number of aliphatic hydroxyl groups is 1. The molecule has 0 rings (SSSR count). The minimum atomic E-state index is -0.500. The van der Waals surface area contributed by atoms with Crippen molar-refractivity contribution in [2.75, 3.05) is 6.61 Å². The van der Waals surface area contributed by atoms with Gasteiger partial charge in [-0.1, -0.05) is 12.7 Å². The monoisotopic (exact) mass is 257 g/mol. The standard InChI is InChI=1S/C4H7NOS.CH3NOS.Cu/c1-2-3-6-4(5)7;2-1(3)4;/h2H,1,3H2,(H2,5,7);(H3,2,3,4);. The van der Waals surface area contributed by atoms with Gasteiger partial charge in [0.2, 0.25) is 0 Å². The molecule has 0 amide bonds. The molecule has 4 nitrogen and oxygen atoms in total. The molecule has 0 aromatic carbocycles. The van der Waals surface area contributed by atoms with E-state index >= 15 is 0 Å². The Labute approximate surface area is 92.4 Å². The normalized spacial score (nSPS) is 6.33. The number of rotatable bonds is 2. The van der Waals surface area contributed by atoms with Gasteiger partial charge in [0.15, 0.2) is 0 Å². The van der Waals surface area contributed by atoms with Crippen LogP contribution in [0.15, 0.2) is 12.7 Å². The van der Waals surface area contributed by atoms with Crippen molar-refractivity contribution in [2.24, 2.45) is 11.5 Å². The van der Waals surface area contributed by atoms with Crippen LogP contribution in [-0.2, 0) is 21.8 Å². The van der Waals surface area contributed by atoms with Crippen LogP contribution in [0.4, 0.5) is 0 Å². The van der Waals surface area contributed by atoms with Gasteiger partial charge >= 0.3 is 0 Å². The molecule has 0 aliphatic carbocycles. The first-order valence-corrected chi connectivity index (χ1v) is 3.33. The SMILES string of the molecule is C=CCOC(N)=S.NC(O)=S.[Cu]. The molecule has 0 unspecified atom stereocenters. The molecular formula is C5H10CuN2O2S2. The molecule has 0 spiro atoms. The summed E-state index contributed by atoms with van der Waals surface area (Å²) in [7, 11) is 0. The van der Waals surface area contributed by atoms with E-state index in [1.165, 1.54) is 0 Å². The summed E-state index contributed by atoms with van der Waals surface area (Å²) in [5.41, 5.74) is 9.34. The zero-order valence-corrected chi connectivity index (χ0v) is 8.69. The number of aliphatic hydroxyl groups excluding tert-OH is 1. The maximum Gasteiger partial charge on any atom is 0.254 e.